The summed E-state index contributed by atoms with van der Waals surface area (Å²) in [5.41, 5.74) is 0.969. The van der Waals surface area contributed by atoms with E-state index in [2.05, 4.69) is 20.0 Å². The van der Waals surface area contributed by atoms with Gasteiger partial charge in [0, 0.05) is 24.0 Å². The summed E-state index contributed by atoms with van der Waals surface area (Å²) in [6.45, 7) is 2.46. The lowest BCUT2D eigenvalue weighted by atomic mass is 9.83. The molecule has 2 saturated heterocycles. The maximum atomic E-state index is 5.60. The zero-order valence-corrected chi connectivity index (χ0v) is 12.1. The minimum atomic E-state index is 0.405. The zero-order valence-electron chi connectivity index (χ0n) is 12.1. The van der Waals surface area contributed by atoms with Crippen molar-refractivity contribution in [3.63, 3.8) is 0 Å². The standard InChI is InChI=1S/C16H20N4O/c1-2-10-20-11-3-4-13(14(20)5-1)16-18-15(19-21-16)12-6-8-17-9-7-12/h6-9,13-14H,1-5,10-11H2/t13?,14-/m1/s1. The van der Waals surface area contributed by atoms with E-state index in [1.54, 1.807) is 12.4 Å². The summed E-state index contributed by atoms with van der Waals surface area (Å²) in [5.74, 6) is 1.90. The van der Waals surface area contributed by atoms with Crippen LogP contribution in [0.15, 0.2) is 29.0 Å². The van der Waals surface area contributed by atoms with Gasteiger partial charge in [-0.15, -0.1) is 0 Å². The molecule has 21 heavy (non-hydrogen) atoms. The molecule has 110 valence electrons. The van der Waals surface area contributed by atoms with Gasteiger partial charge in [-0.3, -0.25) is 9.88 Å². The first-order chi connectivity index (χ1) is 10.4. The lowest BCUT2D eigenvalue weighted by Crippen LogP contribution is -2.46. The Morgan fingerprint density at radius 2 is 1.90 bits per heavy atom. The molecule has 0 radical (unpaired) electrons. The maximum absolute atomic E-state index is 5.60. The predicted molar refractivity (Wildman–Crippen MR) is 78.7 cm³/mol. The van der Waals surface area contributed by atoms with Crippen LogP contribution in [0.3, 0.4) is 0 Å². The molecule has 0 aliphatic carbocycles. The topological polar surface area (TPSA) is 55.1 Å². The minimum Gasteiger partial charge on any atom is -0.339 e. The second-order valence-electron chi connectivity index (χ2n) is 6.04. The van der Waals surface area contributed by atoms with E-state index in [0.717, 1.165) is 11.5 Å². The smallest absolute Gasteiger partial charge is 0.231 e. The summed E-state index contributed by atoms with van der Waals surface area (Å²) in [5, 5.41) is 4.17. The molecule has 0 spiro atoms. The van der Waals surface area contributed by atoms with Gasteiger partial charge in [-0.05, 0) is 50.9 Å². The molecular formula is C16H20N4O. The molecule has 2 fully saturated rings. The molecule has 0 saturated carbocycles. The number of fused-ring (bicyclic) bond motifs is 1. The first-order valence-corrected chi connectivity index (χ1v) is 7.90. The number of hydrogen-bond donors (Lipinski definition) is 0. The van der Waals surface area contributed by atoms with Gasteiger partial charge in [0.05, 0.1) is 5.92 Å². The molecule has 0 aromatic carbocycles. The van der Waals surface area contributed by atoms with Gasteiger partial charge in [-0.1, -0.05) is 11.6 Å². The fourth-order valence-electron chi connectivity index (χ4n) is 3.75. The first-order valence-electron chi connectivity index (χ1n) is 7.90. The highest BCUT2D eigenvalue weighted by molar-refractivity contribution is 5.52. The lowest BCUT2D eigenvalue weighted by molar-refractivity contribution is 0.0774. The predicted octanol–water partition coefficient (Wildman–Crippen LogP) is 2.86. The molecule has 0 N–H and O–H groups in total. The molecule has 5 heteroatoms. The minimum absolute atomic E-state index is 0.405. The van der Waals surface area contributed by atoms with Crippen LogP contribution in [0.2, 0.25) is 0 Å². The van der Waals surface area contributed by atoms with Gasteiger partial charge in [0.1, 0.15) is 0 Å². The van der Waals surface area contributed by atoms with Crippen molar-refractivity contribution < 1.29 is 4.52 Å². The maximum Gasteiger partial charge on any atom is 0.231 e. The Balaban J connectivity index is 1.60. The van der Waals surface area contributed by atoms with Crippen molar-refractivity contribution in [2.75, 3.05) is 13.1 Å². The Kier molecular flexibility index (Phi) is 3.43. The van der Waals surface area contributed by atoms with E-state index in [9.17, 15) is 0 Å². The van der Waals surface area contributed by atoms with Crippen molar-refractivity contribution in [1.29, 1.82) is 0 Å². The SMILES string of the molecule is c1cc(-c2noc(C3CCCN4CCCC[C@H]34)n2)ccn1. The number of nitrogens with zero attached hydrogens (tertiary/aromatic N) is 4. The van der Waals surface area contributed by atoms with Crippen molar-refractivity contribution in [2.24, 2.45) is 0 Å². The van der Waals surface area contributed by atoms with Crippen LogP contribution in [0.4, 0.5) is 0 Å². The summed E-state index contributed by atoms with van der Waals surface area (Å²) in [7, 11) is 0. The van der Waals surface area contributed by atoms with Crippen LogP contribution in [0, 0.1) is 0 Å². The van der Waals surface area contributed by atoms with Gasteiger partial charge in [0.2, 0.25) is 11.7 Å². The van der Waals surface area contributed by atoms with Gasteiger partial charge in [0.25, 0.3) is 0 Å². The van der Waals surface area contributed by atoms with E-state index in [0.29, 0.717) is 17.8 Å². The molecule has 1 unspecified atom stereocenters. The van der Waals surface area contributed by atoms with E-state index in [4.69, 9.17) is 4.52 Å². The summed E-state index contributed by atoms with van der Waals surface area (Å²) in [6.07, 6.45) is 9.83. The molecule has 4 rings (SSSR count). The van der Waals surface area contributed by atoms with Crippen LogP contribution < -0.4 is 0 Å². The van der Waals surface area contributed by atoms with Crippen molar-refractivity contribution in [3.05, 3.63) is 30.4 Å². The summed E-state index contributed by atoms with van der Waals surface area (Å²) < 4.78 is 5.60. The van der Waals surface area contributed by atoms with Gasteiger partial charge in [-0.25, -0.2) is 0 Å². The quantitative estimate of drug-likeness (QED) is 0.848. The first kappa shape index (κ1) is 13.0. The molecule has 2 aromatic rings. The summed E-state index contributed by atoms with van der Waals surface area (Å²) >= 11 is 0. The molecule has 5 nitrogen and oxygen atoms in total. The highest BCUT2D eigenvalue weighted by Crippen LogP contribution is 2.37. The number of piperidine rings is 2. The monoisotopic (exact) mass is 284 g/mol. The van der Waals surface area contributed by atoms with Gasteiger partial charge >= 0.3 is 0 Å². The molecule has 2 aliphatic rings. The Hall–Kier alpha value is -1.75. The summed E-state index contributed by atoms with van der Waals surface area (Å²) in [6, 6.07) is 4.43. The molecule has 2 aromatic heterocycles. The van der Waals surface area contributed by atoms with Crippen LogP contribution in [0.5, 0.6) is 0 Å². The van der Waals surface area contributed by atoms with Crippen molar-refractivity contribution in [3.8, 4) is 11.4 Å². The van der Waals surface area contributed by atoms with Crippen molar-refractivity contribution in [1.82, 2.24) is 20.0 Å². The summed E-state index contributed by atoms with van der Waals surface area (Å²) in [4.78, 5) is 11.3. The van der Waals surface area contributed by atoms with Gasteiger partial charge in [0.15, 0.2) is 0 Å². The van der Waals surface area contributed by atoms with Crippen LogP contribution in [0.25, 0.3) is 11.4 Å². The van der Waals surface area contributed by atoms with Crippen LogP contribution in [0.1, 0.15) is 43.9 Å². The lowest BCUT2D eigenvalue weighted by Gasteiger charge is -2.42. The molecule has 0 amide bonds. The third kappa shape index (κ3) is 2.46. The Morgan fingerprint density at radius 1 is 1.05 bits per heavy atom. The molecule has 2 aliphatic heterocycles. The normalized spacial score (nSPS) is 26.5. The van der Waals surface area contributed by atoms with Crippen molar-refractivity contribution in [2.45, 2.75) is 44.1 Å². The molecular weight excluding hydrogens is 264 g/mol. The average molecular weight is 284 g/mol. The third-order valence-corrected chi connectivity index (χ3v) is 4.79. The molecule has 4 heterocycles. The Labute approximate surface area is 124 Å². The van der Waals surface area contributed by atoms with Gasteiger partial charge in [-0.2, -0.15) is 4.98 Å². The number of rotatable bonds is 2. The number of aromatic nitrogens is 3. The fraction of sp³-hybridized carbons (Fsp3) is 0.562. The molecule has 0 bridgehead atoms. The molecule has 2 atom stereocenters. The third-order valence-electron chi connectivity index (χ3n) is 4.79. The van der Waals surface area contributed by atoms with E-state index >= 15 is 0 Å². The zero-order chi connectivity index (χ0) is 14.1. The van der Waals surface area contributed by atoms with Gasteiger partial charge < -0.3 is 4.52 Å². The number of hydrogen-bond acceptors (Lipinski definition) is 5. The van der Waals surface area contributed by atoms with Crippen LogP contribution >= 0.6 is 0 Å². The van der Waals surface area contributed by atoms with Crippen LogP contribution in [-0.4, -0.2) is 39.2 Å². The van der Waals surface area contributed by atoms with E-state index < -0.39 is 0 Å². The van der Waals surface area contributed by atoms with E-state index in [1.165, 1.54) is 45.2 Å². The average Bonchev–Trinajstić information content (AvgIpc) is 3.05. The Bertz CT molecular complexity index is 595. The highest BCUT2D eigenvalue weighted by atomic mass is 16.5. The highest BCUT2D eigenvalue weighted by Gasteiger charge is 2.36. The second kappa shape index (κ2) is 5.56. The fourth-order valence-corrected chi connectivity index (χ4v) is 3.75. The van der Waals surface area contributed by atoms with E-state index in [-0.39, 0.29) is 0 Å². The van der Waals surface area contributed by atoms with E-state index in [1.807, 2.05) is 12.1 Å². The largest absolute Gasteiger partial charge is 0.339 e. The van der Waals surface area contributed by atoms with Crippen LogP contribution in [-0.2, 0) is 0 Å². The van der Waals surface area contributed by atoms with Crippen molar-refractivity contribution >= 4 is 0 Å². The number of pyridine rings is 1. The second-order valence-corrected chi connectivity index (χ2v) is 6.04. The Morgan fingerprint density at radius 3 is 2.81 bits per heavy atom.